The molecular weight excluding hydrogens is 253 g/mol. The first kappa shape index (κ1) is 11.4. The Morgan fingerprint density at radius 2 is 2.40 bits per heavy atom. The topological polar surface area (TPSA) is 21.3 Å². The normalized spacial score (nSPS) is 22.4. The van der Waals surface area contributed by atoms with Crippen LogP contribution in [0.1, 0.15) is 5.56 Å². The Bertz CT molecular complexity index is 358. The highest BCUT2D eigenvalue weighted by Gasteiger charge is 2.09. The highest BCUT2D eigenvalue weighted by Crippen LogP contribution is 2.31. The van der Waals surface area contributed by atoms with Gasteiger partial charge in [0.15, 0.2) is 0 Å². The molecule has 1 aromatic heterocycles. The van der Waals surface area contributed by atoms with Crippen LogP contribution in [0.15, 0.2) is 12.1 Å². The van der Waals surface area contributed by atoms with Crippen LogP contribution in [0.3, 0.4) is 0 Å². The summed E-state index contributed by atoms with van der Waals surface area (Å²) in [5, 5.41) is 3.33. The van der Waals surface area contributed by atoms with Crippen molar-refractivity contribution in [2.24, 2.45) is 0 Å². The Hall–Kier alpha value is -0.0600. The molecule has 0 spiro atoms. The summed E-state index contributed by atoms with van der Waals surface area (Å²) in [4.78, 5) is 0. The van der Waals surface area contributed by atoms with E-state index in [0.717, 1.165) is 23.1 Å². The van der Waals surface area contributed by atoms with Crippen molar-refractivity contribution in [3.8, 4) is 0 Å². The number of nitrogens with one attached hydrogen (secondary N) is 1. The van der Waals surface area contributed by atoms with Crippen LogP contribution in [0.5, 0.6) is 0 Å². The van der Waals surface area contributed by atoms with Crippen molar-refractivity contribution in [2.45, 2.75) is 6.04 Å². The first-order chi connectivity index (χ1) is 7.25. The van der Waals surface area contributed by atoms with Crippen LogP contribution >= 0.6 is 34.5 Å². The monoisotopic (exact) mass is 263 g/mol. The molecule has 1 aliphatic heterocycles. The lowest BCUT2D eigenvalue weighted by Crippen LogP contribution is -2.39. The molecule has 0 saturated carbocycles. The third kappa shape index (κ3) is 3.20. The maximum atomic E-state index is 5.99. The molecule has 0 amide bonds. The average molecular weight is 264 g/mol. The van der Waals surface area contributed by atoms with Crippen LogP contribution in [-0.4, -0.2) is 25.8 Å². The lowest BCUT2D eigenvalue weighted by molar-refractivity contribution is 0.0903. The fourth-order valence-corrected chi connectivity index (χ4v) is 2.83. The van der Waals surface area contributed by atoms with Gasteiger partial charge in [0, 0.05) is 18.2 Å². The minimum atomic E-state index is 0.272. The van der Waals surface area contributed by atoms with Gasteiger partial charge in [-0.05, 0) is 6.07 Å². The molecule has 1 saturated heterocycles. The Labute approximate surface area is 103 Å². The summed E-state index contributed by atoms with van der Waals surface area (Å²) in [5.74, 6) is 0. The van der Waals surface area contributed by atoms with Crippen molar-refractivity contribution < 1.29 is 4.74 Å². The molecule has 1 aliphatic rings. The van der Waals surface area contributed by atoms with Crippen LogP contribution in [0, 0.1) is 0 Å². The lowest BCUT2D eigenvalue weighted by atomic mass is 10.2. The second-order valence-electron chi connectivity index (χ2n) is 3.27. The molecule has 2 nitrogen and oxygen atoms in total. The second kappa shape index (κ2) is 5.32. The first-order valence-electron chi connectivity index (χ1n) is 4.70. The molecule has 0 bridgehead atoms. The number of thiophene rings is 1. The van der Waals surface area contributed by atoms with Crippen molar-refractivity contribution in [1.82, 2.24) is 5.32 Å². The molecule has 0 radical (unpaired) electrons. The van der Waals surface area contributed by atoms with Gasteiger partial charge in [-0.2, -0.15) is 0 Å². The quantitative estimate of drug-likeness (QED) is 0.886. The van der Waals surface area contributed by atoms with E-state index in [2.05, 4.69) is 11.4 Å². The van der Waals surface area contributed by atoms with Gasteiger partial charge in [0.2, 0.25) is 0 Å². The predicted molar refractivity (Wildman–Crippen MR) is 66.0 cm³/mol. The maximum absolute atomic E-state index is 5.99. The molecule has 0 aromatic carbocycles. The van der Waals surface area contributed by atoms with E-state index in [4.69, 9.17) is 27.9 Å². The van der Waals surface area contributed by atoms with Crippen molar-refractivity contribution in [1.29, 1.82) is 0 Å². The van der Waals surface area contributed by atoms with Gasteiger partial charge < -0.3 is 10.1 Å². The molecule has 5 heteroatoms. The van der Waals surface area contributed by atoms with Crippen LogP contribution in [0.4, 0.5) is 0 Å². The van der Waals surface area contributed by atoms with E-state index in [9.17, 15) is 0 Å². The Kier molecular flexibility index (Phi) is 4.05. The number of halogens is 2. The Balaban J connectivity index is 2.00. The lowest BCUT2D eigenvalue weighted by Gasteiger charge is -2.20. The van der Waals surface area contributed by atoms with Crippen molar-refractivity contribution >= 4 is 40.6 Å². The fourth-order valence-electron chi connectivity index (χ4n) is 1.40. The predicted octanol–water partition coefficient (Wildman–Crippen LogP) is 3.06. The molecule has 2 rings (SSSR count). The van der Waals surface area contributed by atoms with Crippen molar-refractivity contribution in [2.75, 3.05) is 19.8 Å². The highest BCUT2D eigenvalue weighted by atomic mass is 35.5. The number of ether oxygens (including phenoxy) is 1. The standard InChI is InChI=1S/C10H11Cl2NOS/c11-9-5-7(10(12)15-9)1-2-8-6-14-4-3-13-8/h1-2,5,8,13H,3-4,6H2/b2-1+. The zero-order chi connectivity index (χ0) is 10.7. The van der Waals surface area contributed by atoms with E-state index in [1.165, 1.54) is 11.3 Å². The average Bonchev–Trinajstić information content (AvgIpc) is 2.56. The molecule has 1 atom stereocenters. The van der Waals surface area contributed by atoms with E-state index >= 15 is 0 Å². The van der Waals surface area contributed by atoms with Gasteiger partial charge in [0.05, 0.1) is 17.6 Å². The third-order valence-corrected chi connectivity index (χ3v) is 3.66. The van der Waals surface area contributed by atoms with E-state index in [0.29, 0.717) is 10.9 Å². The molecule has 1 unspecified atom stereocenters. The van der Waals surface area contributed by atoms with Crippen molar-refractivity contribution in [3.63, 3.8) is 0 Å². The van der Waals surface area contributed by atoms with E-state index < -0.39 is 0 Å². The zero-order valence-corrected chi connectivity index (χ0v) is 10.3. The molecule has 15 heavy (non-hydrogen) atoms. The first-order valence-corrected chi connectivity index (χ1v) is 6.27. The minimum Gasteiger partial charge on any atom is -0.378 e. The SMILES string of the molecule is Clc1cc(/C=C/C2COCCN2)c(Cl)s1. The maximum Gasteiger partial charge on any atom is 0.102 e. The van der Waals surface area contributed by atoms with Gasteiger partial charge in [-0.3, -0.25) is 0 Å². The molecule has 82 valence electrons. The smallest absolute Gasteiger partial charge is 0.102 e. The Morgan fingerprint density at radius 3 is 3.00 bits per heavy atom. The summed E-state index contributed by atoms with van der Waals surface area (Å²) in [5.41, 5.74) is 0.971. The van der Waals surface area contributed by atoms with E-state index in [-0.39, 0.29) is 6.04 Å². The summed E-state index contributed by atoms with van der Waals surface area (Å²) >= 11 is 13.2. The van der Waals surface area contributed by atoms with Crippen LogP contribution in [-0.2, 0) is 4.74 Å². The molecule has 1 aromatic rings. The van der Waals surface area contributed by atoms with Gasteiger partial charge >= 0.3 is 0 Å². The van der Waals surface area contributed by atoms with Crippen LogP contribution in [0.25, 0.3) is 6.08 Å². The number of morpholine rings is 1. The molecular formula is C10H11Cl2NOS. The summed E-state index contributed by atoms with van der Waals surface area (Å²) in [6.45, 7) is 2.40. The fraction of sp³-hybridized carbons (Fsp3) is 0.400. The summed E-state index contributed by atoms with van der Waals surface area (Å²) in [6.07, 6.45) is 4.04. The van der Waals surface area contributed by atoms with Crippen molar-refractivity contribution in [3.05, 3.63) is 26.4 Å². The largest absolute Gasteiger partial charge is 0.378 e. The number of hydrogen-bond acceptors (Lipinski definition) is 3. The molecule has 2 heterocycles. The summed E-state index contributed by atoms with van der Waals surface area (Å²) < 4.78 is 6.78. The number of rotatable bonds is 2. The molecule has 1 N–H and O–H groups in total. The van der Waals surface area contributed by atoms with Gasteiger partial charge in [0.25, 0.3) is 0 Å². The minimum absolute atomic E-state index is 0.272. The Morgan fingerprint density at radius 1 is 1.53 bits per heavy atom. The highest BCUT2D eigenvalue weighted by molar-refractivity contribution is 7.20. The zero-order valence-electron chi connectivity index (χ0n) is 8.00. The molecule has 1 fully saturated rings. The van der Waals surface area contributed by atoms with Gasteiger partial charge in [-0.25, -0.2) is 0 Å². The van der Waals surface area contributed by atoms with Gasteiger partial charge in [-0.1, -0.05) is 35.4 Å². The third-order valence-electron chi connectivity index (χ3n) is 2.14. The van der Waals surface area contributed by atoms with E-state index in [1.54, 1.807) is 0 Å². The van der Waals surface area contributed by atoms with Gasteiger partial charge in [0.1, 0.15) is 4.34 Å². The van der Waals surface area contributed by atoms with Crippen LogP contribution < -0.4 is 5.32 Å². The second-order valence-corrected chi connectivity index (χ2v) is 5.56. The summed E-state index contributed by atoms with van der Waals surface area (Å²) in [7, 11) is 0. The number of hydrogen-bond donors (Lipinski definition) is 1. The molecule has 0 aliphatic carbocycles. The van der Waals surface area contributed by atoms with Crippen LogP contribution in [0.2, 0.25) is 8.67 Å². The summed E-state index contributed by atoms with van der Waals surface area (Å²) in [6, 6.07) is 2.14. The van der Waals surface area contributed by atoms with Gasteiger partial charge in [-0.15, -0.1) is 11.3 Å². The van der Waals surface area contributed by atoms with E-state index in [1.807, 2.05) is 12.1 Å².